The molecule has 0 unspecified atom stereocenters. The van der Waals surface area contributed by atoms with Gasteiger partial charge in [-0.3, -0.25) is 0 Å². The normalized spacial score (nSPS) is 9.26. The smallest absolute Gasteiger partial charge is 0.147 e. The second-order valence-corrected chi connectivity index (χ2v) is 33.4. The van der Waals surface area contributed by atoms with Crippen LogP contribution < -0.4 is 0 Å². The van der Waals surface area contributed by atoms with Gasteiger partial charge >= 0.3 is 83.7 Å². The molecule has 0 heterocycles. The van der Waals surface area contributed by atoms with Gasteiger partial charge < -0.3 is 0 Å². The first kappa shape index (κ1) is 67.8. The molecule has 10 heteroatoms. The Balaban J connectivity index is -0.000000332. The Morgan fingerprint density at radius 3 is 0.887 bits per heavy atom. The summed E-state index contributed by atoms with van der Waals surface area (Å²) in [5, 5.41) is 11.2. The fraction of sp³-hybridized carbons (Fsp3) is 0.308. The van der Waals surface area contributed by atoms with E-state index < -0.39 is 0 Å². The van der Waals surface area contributed by atoms with Gasteiger partial charge in [0.25, 0.3) is 0 Å². The van der Waals surface area contributed by atoms with Crippen molar-refractivity contribution in [3.63, 3.8) is 0 Å². The van der Waals surface area contributed by atoms with E-state index in [-0.39, 0.29) is 85.3 Å². The van der Waals surface area contributed by atoms with Crippen LogP contribution in [0.1, 0.15) is 74.9 Å². The monoisotopic (exact) mass is 1140 g/mol. The number of rotatable bonds is 6. The Hall–Kier alpha value is -0.740. The zero-order chi connectivity index (χ0) is 41.0. The number of benzene rings is 4. The van der Waals surface area contributed by atoms with Crippen molar-refractivity contribution in [2.45, 2.75) is 106 Å². The molecule has 0 N–H and O–H groups in total. The van der Waals surface area contributed by atoms with E-state index in [4.69, 9.17) is 0 Å². The Kier molecular flexibility index (Phi) is 40.9. The minimum atomic E-state index is 0. The van der Waals surface area contributed by atoms with Crippen LogP contribution in [0, 0.1) is 0 Å². The van der Waals surface area contributed by atoms with E-state index in [9.17, 15) is 0 Å². The standard InChI is InChI=1S/2C13H15.2C11H11.2C2H6Si.6ClH.2Zr/c2*1-3-10-8-12-7-5-6-11(4-2)13(12)9-10;2*1-2-9-7-10-5-3-4-6-11(10)8-9;2*1-3-2;;;;;;;;/h2*5-9H,3-4H2,1-2H3;2*3-8H,2H2,1H3;2*1-2H3;6*1H;;/q4*-1;;;;;;;;;2*+2. The van der Waals surface area contributed by atoms with Crippen molar-refractivity contribution in [2.24, 2.45) is 0 Å². The van der Waals surface area contributed by atoms with Gasteiger partial charge in [0, 0.05) is 0 Å². The molecule has 0 nitrogen and oxygen atoms in total. The molecule has 0 saturated heterocycles. The van der Waals surface area contributed by atoms with Crippen molar-refractivity contribution < 1.29 is 46.7 Å². The maximum atomic E-state index is 2.33. The Bertz CT molecular complexity index is 2160. The van der Waals surface area contributed by atoms with Gasteiger partial charge in [0.05, 0.1) is 0 Å². The van der Waals surface area contributed by atoms with Crippen LogP contribution in [0.4, 0.5) is 0 Å². The topological polar surface area (TPSA) is 0 Å². The molecule has 62 heavy (non-hydrogen) atoms. The number of halogens is 6. The third kappa shape index (κ3) is 23.1. The summed E-state index contributed by atoms with van der Waals surface area (Å²) in [6.45, 7) is 22.5. The van der Waals surface area contributed by atoms with Crippen LogP contribution in [-0.4, -0.2) is 10.9 Å². The van der Waals surface area contributed by atoms with Crippen LogP contribution in [0.25, 0.3) is 43.1 Å². The summed E-state index contributed by atoms with van der Waals surface area (Å²) < 4.78 is 0. The molecule has 0 aliphatic heterocycles. The summed E-state index contributed by atoms with van der Waals surface area (Å²) >= 11 is 3.48. The summed E-state index contributed by atoms with van der Waals surface area (Å²) in [6.07, 6.45) is 6.80. The number of hydrogen-bond donors (Lipinski definition) is 0. The zero-order valence-electron chi connectivity index (χ0n) is 38.4. The minimum Gasteiger partial charge on any atom is -0.147 e. The van der Waals surface area contributed by atoms with Crippen LogP contribution >= 0.6 is 74.4 Å². The van der Waals surface area contributed by atoms with E-state index in [1.807, 2.05) is 0 Å². The molecule has 0 aliphatic carbocycles. The van der Waals surface area contributed by atoms with Crippen LogP contribution in [0.2, 0.25) is 26.2 Å². The summed E-state index contributed by atoms with van der Waals surface area (Å²) in [6, 6.07) is 48.4. The fourth-order valence-corrected chi connectivity index (χ4v) is 6.59. The van der Waals surface area contributed by atoms with E-state index in [2.05, 4.69) is 201 Å². The van der Waals surface area contributed by atoms with E-state index in [0.29, 0.717) is 0 Å². The first-order chi connectivity index (χ1) is 27.0. The first-order valence-electron chi connectivity index (χ1n) is 20.6. The molecule has 0 aromatic heterocycles. The molecule has 8 aromatic rings. The molecule has 0 aliphatic rings. The molecule has 0 radical (unpaired) electrons. The van der Waals surface area contributed by atoms with E-state index >= 15 is 0 Å². The number of fused-ring (bicyclic) bond motifs is 4. The average Bonchev–Trinajstić information content (AvgIpc) is 4.01. The summed E-state index contributed by atoms with van der Waals surface area (Å²) in [5.41, 5.74) is 9.14. The SMILES string of the molecule is CCc1cc2c(CC)cccc2[cH-]1.CCc1cc2c(CC)cccc2[cH-]1.CCc1cc2ccccc2[cH-]1.CCc1cc2ccccc2[cH-]1.C[Si](C)=[Zr+2].C[Si](C)=[Zr+2].Cl.Cl.Cl.Cl.Cl.Cl. The van der Waals surface area contributed by atoms with Crippen molar-refractivity contribution in [3.8, 4) is 0 Å². The molecule has 8 aromatic carbocycles. The Labute approximate surface area is 443 Å². The molecule has 0 bridgehead atoms. The van der Waals surface area contributed by atoms with Gasteiger partial charge in [0.15, 0.2) is 0 Å². The predicted octanol–water partition coefficient (Wildman–Crippen LogP) is 17.7. The third-order valence-corrected chi connectivity index (χ3v) is 9.55. The number of aryl methyl sites for hydroxylation is 6. The minimum absolute atomic E-state index is 0. The van der Waals surface area contributed by atoms with Gasteiger partial charge in [0.1, 0.15) is 0 Å². The van der Waals surface area contributed by atoms with Crippen molar-refractivity contribution in [1.29, 1.82) is 0 Å². The second-order valence-electron chi connectivity index (χ2n) is 14.7. The zero-order valence-corrected chi connectivity index (χ0v) is 50.2. The van der Waals surface area contributed by atoms with Crippen molar-refractivity contribution in [2.75, 3.05) is 0 Å². The van der Waals surface area contributed by atoms with Gasteiger partial charge in [0.2, 0.25) is 0 Å². The Morgan fingerprint density at radius 1 is 0.355 bits per heavy atom. The molecule has 336 valence electrons. The second kappa shape index (κ2) is 37.4. The molecular weight excluding hydrogens is 1080 g/mol. The largest absolute Gasteiger partial charge is 0.147 e. The van der Waals surface area contributed by atoms with Gasteiger partial charge in [-0.05, 0) is 38.5 Å². The van der Waals surface area contributed by atoms with Crippen molar-refractivity contribution >= 4 is 128 Å². The van der Waals surface area contributed by atoms with Gasteiger partial charge in [-0.15, -0.1) is 225 Å². The fourth-order valence-electron chi connectivity index (χ4n) is 6.59. The van der Waals surface area contributed by atoms with E-state index in [0.717, 1.165) is 38.5 Å². The molecule has 0 atom stereocenters. The summed E-state index contributed by atoms with van der Waals surface area (Å²) in [4.78, 5) is 0. The first-order valence-corrected chi connectivity index (χ1v) is 33.0. The molecular formula is C52H70Cl6Si2Zr2. The number of hydrogen-bond acceptors (Lipinski definition) is 0. The molecule has 0 saturated carbocycles. The Morgan fingerprint density at radius 2 is 0.613 bits per heavy atom. The molecule has 0 fully saturated rings. The van der Waals surface area contributed by atoms with Gasteiger partial charge in [-0.1, -0.05) is 76.9 Å². The van der Waals surface area contributed by atoms with Gasteiger partial charge in [-0.2, -0.15) is 24.3 Å². The van der Waals surface area contributed by atoms with Crippen LogP contribution in [0.5, 0.6) is 0 Å². The third-order valence-electron chi connectivity index (χ3n) is 9.55. The van der Waals surface area contributed by atoms with Crippen LogP contribution in [-0.2, 0) is 85.2 Å². The molecule has 0 spiro atoms. The van der Waals surface area contributed by atoms with Gasteiger partial charge in [-0.25, -0.2) is 0 Å². The average molecular weight is 1150 g/mol. The van der Waals surface area contributed by atoms with Crippen molar-refractivity contribution in [3.05, 3.63) is 167 Å². The van der Waals surface area contributed by atoms with Crippen LogP contribution in [0.3, 0.4) is 0 Å². The predicted molar refractivity (Wildman–Crippen MR) is 293 cm³/mol. The van der Waals surface area contributed by atoms with E-state index in [1.54, 1.807) is 46.7 Å². The van der Waals surface area contributed by atoms with Crippen molar-refractivity contribution in [1.82, 2.24) is 0 Å². The molecule has 0 amide bonds. The quantitative estimate of drug-likeness (QED) is 0.115. The maximum absolute atomic E-state index is 2.33. The maximum Gasteiger partial charge on any atom is -0.147 e. The summed E-state index contributed by atoms with van der Waals surface area (Å²) in [7, 11) is 0. The summed E-state index contributed by atoms with van der Waals surface area (Å²) in [5.74, 6) is 0. The van der Waals surface area contributed by atoms with Crippen LogP contribution in [0.15, 0.2) is 133 Å². The molecule has 8 rings (SSSR count). The van der Waals surface area contributed by atoms with E-state index in [1.165, 1.54) is 76.5 Å².